The highest BCUT2D eigenvalue weighted by atomic mass is 16.6. The molecule has 1 aromatic carbocycles. The molecule has 1 amide bonds. The van der Waals surface area contributed by atoms with Crippen LogP contribution in [0.1, 0.15) is 35.6 Å². The van der Waals surface area contributed by atoms with Gasteiger partial charge in [-0.3, -0.25) is 4.98 Å². The van der Waals surface area contributed by atoms with Gasteiger partial charge >= 0.3 is 6.09 Å². The van der Waals surface area contributed by atoms with Crippen LogP contribution in [0.2, 0.25) is 0 Å². The van der Waals surface area contributed by atoms with Crippen molar-refractivity contribution in [3.8, 4) is 0 Å². The Morgan fingerprint density at radius 3 is 2.91 bits per heavy atom. The van der Waals surface area contributed by atoms with Gasteiger partial charge in [-0.15, -0.1) is 0 Å². The molecule has 1 aliphatic rings. The number of hydrogen-bond acceptors (Lipinski definition) is 3. The Balaban J connectivity index is 1.68. The van der Waals surface area contributed by atoms with E-state index in [1.165, 1.54) is 5.56 Å². The average Bonchev–Trinajstić information content (AvgIpc) is 3.03. The van der Waals surface area contributed by atoms with Gasteiger partial charge < -0.3 is 9.64 Å². The zero-order valence-electron chi connectivity index (χ0n) is 12.7. The van der Waals surface area contributed by atoms with Crippen molar-refractivity contribution in [3.63, 3.8) is 0 Å². The first kappa shape index (κ1) is 14.6. The molecule has 114 valence electrons. The van der Waals surface area contributed by atoms with Crippen LogP contribution in [0.3, 0.4) is 0 Å². The molecule has 4 nitrogen and oxygen atoms in total. The van der Waals surface area contributed by atoms with Crippen molar-refractivity contribution in [2.45, 2.75) is 32.4 Å². The van der Waals surface area contributed by atoms with Crippen LogP contribution in [0.15, 0.2) is 48.8 Å². The van der Waals surface area contributed by atoms with Crippen molar-refractivity contribution in [1.82, 2.24) is 9.88 Å². The summed E-state index contributed by atoms with van der Waals surface area (Å²) in [6.07, 6.45) is 5.38. The van der Waals surface area contributed by atoms with Crippen LogP contribution >= 0.6 is 0 Å². The fraction of sp³-hybridized carbons (Fsp3) is 0.333. The first-order valence-electron chi connectivity index (χ1n) is 7.63. The number of benzene rings is 1. The molecule has 0 unspecified atom stereocenters. The summed E-state index contributed by atoms with van der Waals surface area (Å²) in [6.45, 7) is 3.10. The standard InChI is InChI=1S/C18H20N2O2/c1-14-12-19-10-9-16(14)17-8-5-11-20(17)18(21)22-13-15-6-3-2-4-7-15/h2-4,6-7,9-10,12,17H,5,8,11,13H2,1H3/t17-/m1/s1. The zero-order chi connectivity index (χ0) is 15.4. The second-order valence-electron chi connectivity index (χ2n) is 5.62. The number of ether oxygens (including phenoxy) is 1. The molecule has 0 saturated carbocycles. The molecule has 1 fully saturated rings. The molecule has 0 N–H and O–H groups in total. The zero-order valence-corrected chi connectivity index (χ0v) is 12.7. The lowest BCUT2D eigenvalue weighted by Gasteiger charge is -2.25. The van der Waals surface area contributed by atoms with Gasteiger partial charge in [0.2, 0.25) is 0 Å². The quantitative estimate of drug-likeness (QED) is 0.863. The Labute approximate surface area is 130 Å². The van der Waals surface area contributed by atoms with Gasteiger partial charge in [0.1, 0.15) is 6.61 Å². The molecule has 1 saturated heterocycles. The highest BCUT2D eigenvalue weighted by molar-refractivity contribution is 5.69. The maximum absolute atomic E-state index is 12.4. The molecule has 1 atom stereocenters. The van der Waals surface area contributed by atoms with Crippen LogP contribution < -0.4 is 0 Å². The lowest BCUT2D eigenvalue weighted by atomic mass is 10.0. The molecule has 2 aromatic rings. The Morgan fingerprint density at radius 2 is 2.14 bits per heavy atom. The molecule has 3 rings (SSSR count). The highest BCUT2D eigenvalue weighted by Crippen LogP contribution is 2.33. The fourth-order valence-electron chi connectivity index (χ4n) is 2.97. The molecule has 22 heavy (non-hydrogen) atoms. The predicted octanol–water partition coefficient (Wildman–Crippen LogP) is 3.86. The van der Waals surface area contributed by atoms with Crippen LogP contribution in [0.25, 0.3) is 0 Å². The second kappa shape index (κ2) is 6.60. The monoisotopic (exact) mass is 296 g/mol. The average molecular weight is 296 g/mol. The minimum absolute atomic E-state index is 0.103. The summed E-state index contributed by atoms with van der Waals surface area (Å²) >= 11 is 0. The van der Waals surface area contributed by atoms with Gasteiger partial charge in [0.25, 0.3) is 0 Å². The van der Waals surface area contributed by atoms with Gasteiger partial charge in [-0.1, -0.05) is 30.3 Å². The van der Waals surface area contributed by atoms with Crippen molar-refractivity contribution < 1.29 is 9.53 Å². The summed E-state index contributed by atoms with van der Waals surface area (Å²) < 4.78 is 5.47. The summed E-state index contributed by atoms with van der Waals surface area (Å²) in [5.74, 6) is 0. The molecule has 4 heteroatoms. The number of carbonyl (C=O) groups is 1. The number of hydrogen-bond donors (Lipinski definition) is 0. The Kier molecular flexibility index (Phi) is 4.37. The molecule has 0 bridgehead atoms. The molecular weight excluding hydrogens is 276 g/mol. The van der Waals surface area contributed by atoms with Crippen LogP contribution in [0, 0.1) is 6.92 Å². The molecule has 2 heterocycles. The highest BCUT2D eigenvalue weighted by Gasteiger charge is 2.31. The van der Waals surface area contributed by atoms with Crippen molar-refractivity contribution in [2.75, 3.05) is 6.54 Å². The van der Waals surface area contributed by atoms with E-state index in [1.54, 1.807) is 6.20 Å². The van der Waals surface area contributed by atoms with Gasteiger partial charge in [-0.25, -0.2) is 4.79 Å². The van der Waals surface area contributed by atoms with E-state index in [0.717, 1.165) is 30.5 Å². The molecule has 0 spiro atoms. The van der Waals surface area contributed by atoms with E-state index in [0.29, 0.717) is 6.61 Å². The van der Waals surface area contributed by atoms with E-state index in [2.05, 4.69) is 4.98 Å². The molecular formula is C18H20N2O2. The number of carbonyl (C=O) groups excluding carboxylic acids is 1. The summed E-state index contributed by atoms with van der Waals surface area (Å²) in [5, 5.41) is 0. The topological polar surface area (TPSA) is 42.4 Å². The molecule has 1 aromatic heterocycles. The maximum Gasteiger partial charge on any atom is 0.410 e. The van der Waals surface area contributed by atoms with Crippen molar-refractivity contribution >= 4 is 6.09 Å². The summed E-state index contributed by atoms with van der Waals surface area (Å²) in [5.41, 5.74) is 3.30. The summed E-state index contributed by atoms with van der Waals surface area (Å²) in [4.78, 5) is 18.4. The SMILES string of the molecule is Cc1cnccc1[C@H]1CCCN1C(=O)OCc1ccccc1. The van der Waals surface area contributed by atoms with Gasteiger partial charge in [0.05, 0.1) is 6.04 Å². The largest absolute Gasteiger partial charge is 0.445 e. The fourth-order valence-corrected chi connectivity index (χ4v) is 2.97. The Morgan fingerprint density at radius 1 is 1.32 bits per heavy atom. The van der Waals surface area contributed by atoms with Gasteiger partial charge in [-0.05, 0) is 42.5 Å². The number of aryl methyl sites for hydroxylation is 1. The molecule has 1 aliphatic heterocycles. The van der Waals surface area contributed by atoms with E-state index < -0.39 is 0 Å². The van der Waals surface area contributed by atoms with Gasteiger partial charge in [0, 0.05) is 18.9 Å². The Hall–Kier alpha value is -2.36. The van der Waals surface area contributed by atoms with E-state index in [1.807, 2.05) is 54.4 Å². The number of aromatic nitrogens is 1. The lowest BCUT2D eigenvalue weighted by molar-refractivity contribution is 0.0920. The van der Waals surface area contributed by atoms with Crippen LogP contribution in [0.5, 0.6) is 0 Å². The summed E-state index contributed by atoms with van der Waals surface area (Å²) in [6, 6.07) is 11.9. The first-order valence-corrected chi connectivity index (χ1v) is 7.63. The number of likely N-dealkylation sites (tertiary alicyclic amines) is 1. The van der Waals surface area contributed by atoms with E-state index in [9.17, 15) is 4.79 Å². The maximum atomic E-state index is 12.4. The number of rotatable bonds is 3. The number of pyridine rings is 1. The Bertz CT molecular complexity index is 643. The number of nitrogens with zero attached hydrogens (tertiary/aromatic N) is 2. The van der Waals surface area contributed by atoms with E-state index in [4.69, 9.17) is 4.74 Å². The predicted molar refractivity (Wildman–Crippen MR) is 84.3 cm³/mol. The van der Waals surface area contributed by atoms with Crippen LogP contribution in [0.4, 0.5) is 4.79 Å². The lowest BCUT2D eigenvalue weighted by Crippen LogP contribution is -2.31. The smallest absolute Gasteiger partial charge is 0.410 e. The van der Waals surface area contributed by atoms with Crippen molar-refractivity contribution in [1.29, 1.82) is 0 Å². The third-order valence-electron chi connectivity index (χ3n) is 4.12. The van der Waals surface area contributed by atoms with Gasteiger partial charge in [0.15, 0.2) is 0 Å². The third-order valence-corrected chi connectivity index (χ3v) is 4.12. The third kappa shape index (κ3) is 3.11. The van der Waals surface area contributed by atoms with Crippen LogP contribution in [-0.2, 0) is 11.3 Å². The minimum atomic E-state index is -0.234. The molecule has 0 radical (unpaired) electrons. The van der Waals surface area contributed by atoms with E-state index in [-0.39, 0.29) is 12.1 Å². The van der Waals surface area contributed by atoms with Crippen LogP contribution in [-0.4, -0.2) is 22.5 Å². The molecule has 0 aliphatic carbocycles. The minimum Gasteiger partial charge on any atom is -0.445 e. The summed E-state index contributed by atoms with van der Waals surface area (Å²) in [7, 11) is 0. The van der Waals surface area contributed by atoms with Gasteiger partial charge in [-0.2, -0.15) is 0 Å². The van der Waals surface area contributed by atoms with Crippen molar-refractivity contribution in [3.05, 3.63) is 65.5 Å². The van der Waals surface area contributed by atoms with E-state index >= 15 is 0 Å². The normalized spacial score (nSPS) is 17.5. The van der Waals surface area contributed by atoms with Crippen molar-refractivity contribution in [2.24, 2.45) is 0 Å². The first-order chi connectivity index (χ1) is 10.8. The number of amides is 1. The second-order valence-corrected chi connectivity index (χ2v) is 5.62.